The SMILES string of the molecule is COCc1cc(CNC(=O)C2CCCOC2C(C)C)ccc1F. The molecule has 1 saturated heterocycles. The third-order valence-corrected chi connectivity index (χ3v) is 4.24. The maximum atomic E-state index is 13.6. The molecule has 2 rings (SSSR count). The number of ether oxygens (including phenoxy) is 2. The van der Waals surface area contributed by atoms with Crippen molar-refractivity contribution in [2.75, 3.05) is 13.7 Å². The molecule has 5 heteroatoms. The summed E-state index contributed by atoms with van der Waals surface area (Å²) >= 11 is 0. The van der Waals surface area contributed by atoms with Gasteiger partial charge in [-0.15, -0.1) is 0 Å². The summed E-state index contributed by atoms with van der Waals surface area (Å²) in [5.41, 5.74) is 1.37. The van der Waals surface area contributed by atoms with E-state index in [1.54, 1.807) is 12.1 Å². The summed E-state index contributed by atoms with van der Waals surface area (Å²) in [6.45, 7) is 5.49. The third kappa shape index (κ3) is 4.75. The Morgan fingerprint density at radius 1 is 1.48 bits per heavy atom. The van der Waals surface area contributed by atoms with Crippen LogP contribution >= 0.6 is 0 Å². The molecule has 2 unspecified atom stereocenters. The van der Waals surface area contributed by atoms with Gasteiger partial charge in [0.25, 0.3) is 0 Å². The van der Waals surface area contributed by atoms with Gasteiger partial charge in [0.1, 0.15) is 5.82 Å². The Bertz CT molecular complexity index is 533. The average Bonchev–Trinajstić information content (AvgIpc) is 2.55. The van der Waals surface area contributed by atoms with E-state index in [0.29, 0.717) is 18.0 Å². The van der Waals surface area contributed by atoms with Crippen LogP contribution in [-0.2, 0) is 27.4 Å². The van der Waals surface area contributed by atoms with Gasteiger partial charge in [0.05, 0.1) is 18.6 Å². The van der Waals surface area contributed by atoms with Crippen LogP contribution in [0.4, 0.5) is 4.39 Å². The van der Waals surface area contributed by atoms with Crippen molar-refractivity contribution in [3.8, 4) is 0 Å². The third-order valence-electron chi connectivity index (χ3n) is 4.24. The smallest absolute Gasteiger partial charge is 0.226 e. The Morgan fingerprint density at radius 2 is 2.26 bits per heavy atom. The van der Waals surface area contributed by atoms with E-state index in [-0.39, 0.29) is 30.4 Å². The zero-order valence-electron chi connectivity index (χ0n) is 14.1. The van der Waals surface area contributed by atoms with Crippen LogP contribution in [0.15, 0.2) is 18.2 Å². The molecule has 0 radical (unpaired) electrons. The largest absolute Gasteiger partial charge is 0.380 e. The molecule has 0 bridgehead atoms. The van der Waals surface area contributed by atoms with Gasteiger partial charge in [-0.3, -0.25) is 4.79 Å². The number of hydrogen-bond acceptors (Lipinski definition) is 3. The van der Waals surface area contributed by atoms with Crippen molar-refractivity contribution >= 4 is 5.91 Å². The number of rotatable bonds is 6. The van der Waals surface area contributed by atoms with E-state index < -0.39 is 0 Å². The Morgan fingerprint density at radius 3 is 2.96 bits per heavy atom. The molecule has 4 nitrogen and oxygen atoms in total. The van der Waals surface area contributed by atoms with E-state index in [2.05, 4.69) is 19.2 Å². The van der Waals surface area contributed by atoms with Crippen LogP contribution in [0.2, 0.25) is 0 Å². The van der Waals surface area contributed by atoms with E-state index in [4.69, 9.17) is 9.47 Å². The summed E-state index contributed by atoms with van der Waals surface area (Å²) in [5.74, 6) is -0.0729. The van der Waals surface area contributed by atoms with Crippen molar-refractivity contribution < 1.29 is 18.7 Å². The van der Waals surface area contributed by atoms with Gasteiger partial charge in [0, 0.05) is 25.8 Å². The average molecular weight is 323 g/mol. The van der Waals surface area contributed by atoms with Crippen LogP contribution < -0.4 is 5.32 Å². The number of carbonyl (C=O) groups excluding carboxylic acids is 1. The second-order valence-electron chi connectivity index (χ2n) is 6.40. The van der Waals surface area contributed by atoms with E-state index in [1.165, 1.54) is 13.2 Å². The number of nitrogens with one attached hydrogen (secondary N) is 1. The van der Waals surface area contributed by atoms with E-state index >= 15 is 0 Å². The van der Waals surface area contributed by atoms with Crippen molar-refractivity contribution in [3.05, 3.63) is 35.1 Å². The predicted molar refractivity (Wildman–Crippen MR) is 86.3 cm³/mol. The molecule has 0 saturated carbocycles. The Labute approximate surface area is 137 Å². The maximum Gasteiger partial charge on any atom is 0.226 e. The monoisotopic (exact) mass is 323 g/mol. The summed E-state index contributed by atoms with van der Waals surface area (Å²) in [7, 11) is 1.53. The quantitative estimate of drug-likeness (QED) is 0.875. The highest BCUT2D eigenvalue weighted by Gasteiger charge is 2.33. The number of amides is 1. The van der Waals surface area contributed by atoms with Crippen molar-refractivity contribution in [1.82, 2.24) is 5.32 Å². The molecular weight excluding hydrogens is 297 g/mol. The molecule has 1 aromatic rings. The first-order chi connectivity index (χ1) is 11.0. The lowest BCUT2D eigenvalue weighted by Gasteiger charge is -2.33. The first-order valence-electron chi connectivity index (χ1n) is 8.18. The lowest BCUT2D eigenvalue weighted by atomic mass is 9.87. The molecule has 0 aromatic heterocycles. The minimum absolute atomic E-state index is 0.0148. The Balaban J connectivity index is 1.96. The van der Waals surface area contributed by atoms with E-state index in [0.717, 1.165) is 25.0 Å². The van der Waals surface area contributed by atoms with Crippen LogP contribution in [0.5, 0.6) is 0 Å². The zero-order chi connectivity index (χ0) is 16.8. The highest BCUT2D eigenvalue weighted by molar-refractivity contribution is 5.79. The molecule has 1 N–H and O–H groups in total. The second kappa shape index (κ2) is 8.41. The topological polar surface area (TPSA) is 47.6 Å². The molecule has 0 aliphatic carbocycles. The van der Waals surface area contributed by atoms with Crippen LogP contribution in [0.25, 0.3) is 0 Å². The summed E-state index contributed by atoms with van der Waals surface area (Å²) in [5, 5.41) is 2.96. The van der Waals surface area contributed by atoms with Crippen LogP contribution in [0.1, 0.15) is 37.8 Å². The highest BCUT2D eigenvalue weighted by atomic mass is 19.1. The number of benzene rings is 1. The highest BCUT2D eigenvalue weighted by Crippen LogP contribution is 2.26. The molecule has 1 aliphatic heterocycles. The second-order valence-corrected chi connectivity index (χ2v) is 6.40. The Kier molecular flexibility index (Phi) is 6.54. The first-order valence-corrected chi connectivity index (χ1v) is 8.18. The lowest BCUT2D eigenvalue weighted by Crippen LogP contribution is -2.43. The minimum atomic E-state index is -0.289. The van der Waals surface area contributed by atoms with Gasteiger partial charge >= 0.3 is 0 Å². The number of carbonyl (C=O) groups is 1. The van der Waals surface area contributed by atoms with Gasteiger partial charge in [-0.05, 0) is 36.5 Å². The van der Waals surface area contributed by atoms with Crippen LogP contribution in [0.3, 0.4) is 0 Å². The molecule has 23 heavy (non-hydrogen) atoms. The number of hydrogen-bond donors (Lipinski definition) is 1. The molecule has 2 atom stereocenters. The lowest BCUT2D eigenvalue weighted by molar-refractivity contribution is -0.137. The maximum absolute atomic E-state index is 13.6. The summed E-state index contributed by atoms with van der Waals surface area (Å²) in [4.78, 5) is 12.5. The summed E-state index contributed by atoms with van der Waals surface area (Å²) in [6, 6.07) is 4.83. The van der Waals surface area contributed by atoms with Gasteiger partial charge in [-0.1, -0.05) is 19.9 Å². The fourth-order valence-electron chi connectivity index (χ4n) is 3.06. The van der Waals surface area contributed by atoms with Crippen molar-refractivity contribution in [2.45, 2.75) is 45.9 Å². The number of methoxy groups -OCH3 is 1. The fourth-order valence-corrected chi connectivity index (χ4v) is 3.06. The molecular formula is C18H26FNO3. The molecule has 0 spiro atoms. The molecule has 1 amide bonds. The summed E-state index contributed by atoms with van der Waals surface area (Å²) < 4.78 is 24.3. The minimum Gasteiger partial charge on any atom is -0.380 e. The number of halogens is 1. The standard InChI is InChI=1S/C18H26FNO3/c1-12(2)17-15(5-4-8-23-17)18(21)20-10-13-6-7-16(19)14(9-13)11-22-3/h6-7,9,12,15,17H,4-5,8,10-11H2,1-3H3,(H,20,21). The van der Waals surface area contributed by atoms with Crippen LogP contribution in [-0.4, -0.2) is 25.7 Å². The Hall–Kier alpha value is -1.46. The van der Waals surface area contributed by atoms with Crippen molar-refractivity contribution in [2.24, 2.45) is 11.8 Å². The van der Waals surface area contributed by atoms with Gasteiger partial charge < -0.3 is 14.8 Å². The van der Waals surface area contributed by atoms with E-state index in [9.17, 15) is 9.18 Å². The molecule has 128 valence electrons. The normalized spacial score (nSPS) is 21.4. The van der Waals surface area contributed by atoms with Gasteiger partial charge in [0.15, 0.2) is 0 Å². The van der Waals surface area contributed by atoms with Crippen molar-refractivity contribution in [1.29, 1.82) is 0 Å². The fraction of sp³-hybridized carbons (Fsp3) is 0.611. The molecule has 1 fully saturated rings. The van der Waals surface area contributed by atoms with Crippen molar-refractivity contribution in [3.63, 3.8) is 0 Å². The van der Waals surface area contributed by atoms with Crippen LogP contribution in [0, 0.1) is 17.7 Å². The molecule has 1 heterocycles. The van der Waals surface area contributed by atoms with Gasteiger partial charge in [-0.2, -0.15) is 0 Å². The molecule has 1 aromatic carbocycles. The predicted octanol–water partition coefficient (Wildman–Crippen LogP) is 3.04. The summed E-state index contributed by atoms with van der Waals surface area (Å²) in [6.07, 6.45) is 1.74. The zero-order valence-corrected chi connectivity index (χ0v) is 14.1. The van der Waals surface area contributed by atoms with Gasteiger partial charge in [0.2, 0.25) is 5.91 Å². The molecule has 1 aliphatic rings. The van der Waals surface area contributed by atoms with E-state index in [1.807, 2.05) is 0 Å². The first kappa shape index (κ1) is 17.9. The van der Waals surface area contributed by atoms with Gasteiger partial charge in [-0.25, -0.2) is 4.39 Å².